The summed E-state index contributed by atoms with van der Waals surface area (Å²) in [5, 5.41) is 54.1. The van der Waals surface area contributed by atoms with E-state index in [0.717, 1.165) is 63.5 Å². The largest absolute Gasteiger partial charge is 0.496 e. The highest BCUT2D eigenvalue weighted by atomic mass is 16.5. The van der Waals surface area contributed by atoms with E-state index in [1.807, 2.05) is 12.1 Å². The molecule has 0 amide bonds. The molecule has 0 aromatic heterocycles. The third-order valence-electron chi connectivity index (χ3n) is 19.2. The van der Waals surface area contributed by atoms with Crippen LogP contribution in [0.4, 0.5) is 34.1 Å². The van der Waals surface area contributed by atoms with Gasteiger partial charge >= 0.3 is 34.1 Å². The van der Waals surface area contributed by atoms with Crippen molar-refractivity contribution in [1.29, 1.82) is 32.4 Å². The van der Waals surface area contributed by atoms with Crippen molar-refractivity contribution in [3.8, 4) is 103 Å². The first-order valence-corrected chi connectivity index (χ1v) is 38.5. The van der Waals surface area contributed by atoms with Crippen LogP contribution in [0.25, 0.3) is 29.9 Å². The smallest absolute Gasteiger partial charge is 0.467 e. The first-order valence-electron chi connectivity index (χ1n) is 38.5. The Balaban J connectivity index is 0.000000707. The van der Waals surface area contributed by atoms with Gasteiger partial charge in [0.25, 0.3) is 0 Å². The van der Waals surface area contributed by atoms with Gasteiger partial charge in [-0.05, 0) is 102 Å². The van der Waals surface area contributed by atoms with E-state index < -0.39 is 0 Å². The summed E-state index contributed by atoms with van der Waals surface area (Å²) in [7, 11) is 19.6. The Morgan fingerprint density at radius 2 is 0.496 bits per heavy atom. The van der Waals surface area contributed by atoms with Crippen LogP contribution in [0.5, 0.6) is 103 Å². The lowest BCUT2D eigenvalue weighted by atomic mass is 9.97. The molecule has 30 nitrogen and oxygen atoms in total. The molecule has 6 aromatic carbocycles. The van der Waals surface area contributed by atoms with Gasteiger partial charge in [-0.1, -0.05) is 85.5 Å². The van der Waals surface area contributed by atoms with Gasteiger partial charge < -0.3 is 85.3 Å². The number of methoxy groups -OCH3 is 13. The molecule has 0 spiro atoms. The molecule has 2 unspecified atom stereocenters. The average molecular weight is 1580 g/mol. The Morgan fingerprint density at radius 3 is 0.743 bits per heavy atom. The maximum atomic E-state index is 9.46. The molecule has 113 heavy (non-hydrogen) atoms. The van der Waals surface area contributed by atoms with Crippen LogP contribution < -0.4 is 85.3 Å². The van der Waals surface area contributed by atoms with Gasteiger partial charge in [0.1, 0.15) is 34.5 Å². The zero-order valence-corrected chi connectivity index (χ0v) is 69.2. The Kier molecular flexibility index (Phi) is 44.1. The van der Waals surface area contributed by atoms with E-state index in [2.05, 4.69) is 57.6 Å². The third kappa shape index (κ3) is 29.8. The van der Waals surface area contributed by atoms with Crippen LogP contribution in [-0.2, 0) is 0 Å². The molecule has 0 saturated heterocycles. The predicted octanol–water partition coefficient (Wildman–Crippen LogP) is 24.2. The van der Waals surface area contributed by atoms with E-state index in [1.165, 1.54) is 168 Å². The molecule has 9 rings (SSSR count). The van der Waals surface area contributed by atoms with Gasteiger partial charge in [0.15, 0.2) is 29.9 Å². The minimum Gasteiger partial charge on any atom is -0.496 e. The molecule has 618 valence electrons. The molecule has 3 aliphatic rings. The monoisotopic (exact) mass is 1580 g/mol. The van der Waals surface area contributed by atoms with Crippen LogP contribution in [0.15, 0.2) is 72.8 Å². The Hall–Kier alpha value is -11.8. The molecule has 0 N–H and O–H groups in total. The van der Waals surface area contributed by atoms with Crippen LogP contribution in [0, 0.1) is 44.2 Å². The summed E-state index contributed by atoms with van der Waals surface area (Å²) in [6.07, 6.45) is 27.5. The topological polar surface area (TPSA) is 335 Å². The summed E-state index contributed by atoms with van der Waals surface area (Å²) in [5.74, 6) is 10.1. The summed E-state index contributed by atoms with van der Waals surface area (Å²) in [4.78, 5) is 19.2. The van der Waals surface area contributed by atoms with Gasteiger partial charge in [-0.3, -0.25) is 0 Å². The number of rotatable bonds is 33. The van der Waals surface area contributed by atoms with Crippen molar-refractivity contribution >= 4 is 34.1 Å². The van der Waals surface area contributed by atoms with Gasteiger partial charge in [-0.2, -0.15) is 0 Å². The summed E-state index contributed by atoms with van der Waals surface area (Å²) in [5.41, 5.74) is 1.68. The van der Waals surface area contributed by atoms with E-state index in [1.54, 1.807) is 74.9 Å². The van der Waals surface area contributed by atoms with Crippen LogP contribution in [0.3, 0.4) is 0 Å². The second kappa shape index (κ2) is 53.2. The molecular weight excluding hydrogens is 1450 g/mol. The molecule has 3 saturated carbocycles. The molecule has 0 heterocycles. The van der Waals surface area contributed by atoms with Gasteiger partial charge in [0.05, 0.1) is 124 Å². The zero-order valence-electron chi connectivity index (χ0n) is 69.2. The number of ether oxygens (including phenoxy) is 18. The van der Waals surface area contributed by atoms with Gasteiger partial charge in [-0.15, -0.1) is 0 Å². The lowest BCUT2D eigenvalue weighted by Crippen LogP contribution is -2.21. The van der Waals surface area contributed by atoms with Crippen molar-refractivity contribution in [3.63, 3.8) is 0 Å². The van der Waals surface area contributed by atoms with Crippen LogP contribution >= 0.6 is 0 Å². The van der Waals surface area contributed by atoms with Crippen LogP contribution in [-0.4, -0.2) is 124 Å². The van der Waals surface area contributed by atoms with Crippen molar-refractivity contribution in [1.82, 2.24) is 0 Å². The average Bonchev–Trinajstić information content (AvgIpc) is 0.822. The van der Waals surface area contributed by atoms with Crippen LogP contribution in [0.1, 0.15) is 180 Å². The Bertz CT molecular complexity index is 3860. The molecule has 0 bridgehead atoms. The summed E-state index contributed by atoms with van der Waals surface area (Å²) < 4.78 is 96.6. The number of diazo groups is 6. The molecule has 0 radical (unpaired) electrons. The predicted molar refractivity (Wildman–Crippen MR) is 439 cm³/mol. The summed E-state index contributed by atoms with van der Waals surface area (Å²) in [6.45, 7) is 10.1. The first-order chi connectivity index (χ1) is 55.0. The van der Waals surface area contributed by atoms with Crippen molar-refractivity contribution in [2.45, 2.75) is 194 Å². The fraction of sp³-hybridized carbons (Fsp3) is 0.566. The lowest BCUT2D eigenvalue weighted by molar-refractivity contribution is 0.145. The Morgan fingerprint density at radius 1 is 0.274 bits per heavy atom. The van der Waals surface area contributed by atoms with Crippen LogP contribution in [0.2, 0.25) is 0 Å². The molecule has 2 atom stereocenters. The van der Waals surface area contributed by atoms with E-state index in [-0.39, 0.29) is 45.3 Å². The van der Waals surface area contributed by atoms with E-state index in [4.69, 9.17) is 107 Å². The van der Waals surface area contributed by atoms with E-state index in [9.17, 15) is 10.8 Å². The number of hydrogen-bond donors (Lipinski definition) is 0. The lowest BCUT2D eigenvalue weighted by Gasteiger charge is -2.24. The molecule has 6 aromatic rings. The molecular formula is C83H124N12O18+6. The van der Waals surface area contributed by atoms with Gasteiger partial charge in [0.2, 0.25) is 101 Å². The van der Waals surface area contributed by atoms with Crippen molar-refractivity contribution in [3.05, 3.63) is 103 Å². The van der Waals surface area contributed by atoms with E-state index in [0.29, 0.717) is 134 Å². The van der Waals surface area contributed by atoms with Gasteiger partial charge in [-0.25, -0.2) is 0 Å². The second-order valence-electron chi connectivity index (χ2n) is 26.5. The second-order valence-corrected chi connectivity index (χ2v) is 26.5. The normalized spacial score (nSPS) is 13.3. The number of nitrogens with zero attached hydrogens (tertiary/aromatic N) is 12. The zero-order chi connectivity index (χ0) is 82.9. The number of benzene rings is 6. The quantitative estimate of drug-likeness (QED) is 0.0345. The fourth-order valence-electron chi connectivity index (χ4n) is 12.6. The summed E-state index contributed by atoms with van der Waals surface area (Å²) >= 11 is 0. The van der Waals surface area contributed by atoms with E-state index >= 15 is 0 Å². The number of hydrogen-bond acceptors (Lipinski definition) is 24. The maximum Gasteiger partial charge on any atom is 0.467 e. The highest BCUT2D eigenvalue weighted by Gasteiger charge is 2.32. The SMILES string of the molecule is CCCCC(CC)COc1cc(OC)c([N+]#N)c(OCC(CC)CCCC)c1.COc1cc(OC)c([N+]#N)c(OC)c1.COc1cc(OC)c([N+]#N)c(OC)c1.COc1cc(OC)c([N+]#N)c(OC)c1.COc1cc(OC2CCCCC2)cc(OC)c1[N+]#N.COc1cc(OC2CCCCC2)cc(OC2CCCCC2)c1[N+]#N.[HH].[HH].[HH]. The highest BCUT2D eigenvalue weighted by Crippen LogP contribution is 2.48. The van der Waals surface area contributed by atoms with Crippen molar-refractivity contribution in [2.75, 3.05) is 106 Å². The summed E-state index contributed by atoms with van der Waals surface area (Å²) in [6, 6.07) is 20.3. The minimum atomic E-state index is 0. The highest BCUT2D eigenvalue weighted by molar-refractivity contribution is 5.73. The Labute approximate surface area is 670 Å². The molecule has 0 aliphatic heterocycles. The standard InChI is InChI=1S/C23H39N2O3.C19H27N2O3.C14H19N2O3.3C9H11N2O3.3H2/c1-6-10-12-18(8-3)16-27-20-14-21(26-5)23(25-24)22(15-20)28-17-19(9-4)13-11-7-2;1-22-17-12-16(23-14-8-4-2-5-9-14)13-18(19(17)21-20)24-15-10-6-3-7-11-15;1-17-12-8-11(9-13(18-2)14(12)16-15)19-10-6-4-3-5-7-10;3*1-12-6-4-7(13-2)9(11-10)8(5-6)14-3;;;/h14-15,18-19H,6-13,16-17H2,1-5H3;12-15H,2-11H2,1H3;8-10H,3-7H2,1-2H3;3*4-5H,1-3H3;3*1H/q6*+1;;;. The first kappa shape index (κ1) is 93.6. The molecule has 3 fully saturated rings. The third-order valence-corrected chi connectivity index (χ3v) is 19.2. The minimum absolute atomic E-state index is 0. The molecule has 30 heteroatoms. The molecule has 3 aliphatic carbocycles. The van der Waals surface area contributed by atoms with Gasteiger partial charge in [0, 0.05) is 77.1 Å². The van der Waals surface area contributed by atoms with Crippen molar-refractivity contribution < 1.29 is 89.5 Å². The van der Waals surface area contributed by atoms with Crippen molar-refractivity contribution in [2.24, 2.45) is 11.8 Å². The maximum absolute atomic E-state index is 9.46. The fourth-order valence-corrected chi connectivity index (χ4v) is 12.6. The number of unbranched alkanes of at least 4 members (excludes halogenated alkanes) is 2.